The molecule has 0 aromatic heterocycles. The van der Waals surface area contributed by atoms with E-state index < -0.39 is 29.3 Å². The molecule has 1 aromatic rings. The van der Waals surface area contributed by atoms with Gasteiger partial charge in [0.2, 0.25) is 0 Å². The quantitative estimate of drug-likeness (QED) is 0.723. The summed E-state index contributed by atoms with van der Waals surface area (Å²) in [4.78, 5) is 25.2. The molecule has 0 aliphatic rings. The predicted octanol–water partition coefficient (Wildman–Crippen LogP) is 3.42. The monoisotopic (exact) mass is 365 g/mol. The summed E-state index contributed by atoms with van der Waals surface area (Å²) in [7, 11) is 0. The van der Waals surface area contributed by atoms with Gasteiger partial charge in [-0.15, -0.1) is 0 Å². The molecule has 0 bridgehead atoms. The van der Waals surface area contributed by atoms with Gasteiger partial charge in [0.05, 0.1) is 6.10 Å². The fourth-order valence-corrected chi connectivity index (χ4v) is 2.57. The number of alkyl carbamates (subject to hydrolysis) is 1. The summed E-state index contributed by atoms with van der Waals surface area (Å²) in [6, 6.07) is 9.22. The first-order valence-corrected chi connectivity index (χ1v) is 8.92. The Labute approximate surface area is 155 Å². The number of hydrogen-bond acceptors (Lipinski definition) is 5. The molecule has 0 heterocycles. The lowest BCUT2D eigenvalue weighted by Crippen LogP contribution is -2.64. The normalized spacial score (nSPS) is 15.1. The summed E-state index contributed by atoms with van der Waals surface area (Å²) < 4.78 is 10.7. The summed E-state index contributed by atoms with van der Waals surface area (Å²) >= 11 is 0. The van der Waals surface area contributed by atoms with E-state index >= 15 is 0 Å². The van der Waals surface area contributed by atoms with Crippen LogP contribution in [0, 0.1) is 5.92 Å². The standard InChI is InChI=1S/C20H31NO5/c1-7-20(16(22)14(2)3,17(23)26-19(4,5)6)21-18(24)25-13-15-11-9-8-10-12-15/h8-12,14,16,22H,7,13H2,1-6H3,(H,21,24)/t16-,20-/m1/s1. The Kier molecular flexibility index (Phi) is 7.63. The van der Waals surface area contributed by atoms with Crippen molar-refractivity contribution in [3.05, 3.63) is 35.9 Å². The van der Waals surface area contributed by atoms with Gasteiger partial charge in [0.15, 0.2) is 5.54 Å². The molecule has 1 aromatic carbocycles. The van der Waals surface area contributed by atoms with Gasteiger partial charge >= 0.3 is 12.1 Å². The van der Waals surface area contributed by atoms with Crippen LogP contribution >= 0.6 is 0 Å². The average molecular weight is 365 g/mol. The van der Waals surface area contributed by atoms with Gasteiger partial charge in [0, 0.05) is 0 Å². The number of hydrogen-bond donors (Lipinski definition) is 2. The van der Waals surface area contributed by atoms with E-state index in [1.165, 1.54) is 0 Å². The molecule has 1 rings (SSSR count). The Balaban J connectivity index is 2.96. The summed E-state index contributed by atoms with van der Waals surface area (Å²) in [5.74, 6) is -0.942. The summed E-state index contributed by atoms with van der Waals surface area (Å²) in [5.41, 5.74) is -1.49. The molecule has 1 amide bonds. The lowest BCUT2D eigenvalue weighted by atomic mass is 9.83. The molecule has 0 saturated carbocycles. The van der Waals surface area contributed by atoms with E-state index in [9.17, 15) is 14.7 Å². The number of carbonyl (C=O) groups is 2. The van der Waals surface area contributed by atoms with Gasteiger partial charge in [0.1, 0.15) is 12.2 Å². The molecule has 0 saturated heterocycles. The van der Waals surface area contributed by atoms with Gasteiger partial charge in [-0.25, -0.2) is 9.59 Å². The number of nitrogens with one attached hydrogen (secondary N) is 1. The molecule has 6 heteroatoms. The van der Waals surface area contributed by atoms with Crippen LogP contribution < -0.4 is 5.32 Å². The Hall–Kier alpha value is -2.08. The minimum atomic E-state index is -1.57. The Morgan fingerprint density at radius 2 is 1.73 bits per heavy atom. The van der Waals surface area contributed by atoms with E-state index in [4.69, 9.17) is 9.47 Å². The lowest BCUT2D eigenvalue weighted by molar-refractivity contribution is -0.170. The summed E-state index contributed by atoms with van der Waals surface area (Å²) in [5, 5.41) is 13.2. The minimum absolute atomic E-state index is 0.0680. The molecular formula is C20H31NO5. The average Bonchev–Trinajstić information content (AvgIpc) is 2.56. The molecule has 6 nitrogen and oxygen atoms in total. The highest BCUT2D eigenvalue weighted by atomic mass is 16.6. The van der Waals surface area contributed by atoms with Crippen molar-refractivity contribution in [2.75, 3.05) is 0 Å². The van der Waals surface area contributed by atoms with Crippen LogP contribution in [0.1, 0.15) is 53.5 Å². The van der Waals surface area contributed by atoms with Gasteiger partial charge in [-0.05, 0) is 38.7 Å². The van der Waals surface area contributed by atoms with Crippen molar-refractivity contribution in [1.29, 1.82) is 0 Å². The number of ether oxygens (including phenoxy) is 2. The molecule has 0 fully saturated rings. The maximum atomic E-state index is 12.8. The lowest BCUT2D eigenvalue weighted by Gasteiger charge is -2.39. The van der Waals surface area contributed by atoms with E-state index in [2.05, 4.69) is 5.32 Å². The third kappa shape index (κ3) is 6.02. The molecule has 0 spiro atoms. The number of benzene rings is 1. The van der Waals surface area contributed by atoms with Crippen LogP contribution in [0.15, 0.2) is 30.3 Å². The van der Waals surface area contributed by atoms with Crippen molar-refractivity contribution in [3.63, 3.8) is 0 Å². The smallest absolute Gasteiger partial charge is 0.408 e. The number of aliphatic hydroxyl groups excluding tert-OH is 1. The Bertz CT molecular complexity index is 594. The van der Waals surface area contributed by atoms with Crippen LogP contribution in [0.4, 0.5) is 4.79 Å². The second-order valence-electron chi connectivity index (χ2n) is 7.70. The second-order valence-corrected chi connectivity index (χ2v) is 7.70. The first-order valence-electron chi connectivity index (χ1n) is 8.92. The van der Waals surface area contributed by atoms with Gasteiger partial charge in [-0.2, -0.15) is 0 Å². The maximum Gasteiger partial charge on any atom is 0.408 e. The molecule has 0 aliphatic heterocycles. The molecule has 0 aliphatic carbocycles. The number of amides is 1. The van der Waals surface area contributed by atoms with Crippen molar-refractivity contribution in [2.24, 2.45) is 5.92 Å². The first kappa shape index (κ1) is 22.0. The number of esters is 1. The third-order valence-corrected chi connectivity index (χ3v) is 4.00. The van der Waals surface area contributed by atoms with Crippen LogP contribution in [0.3, 0.4) is 0 Å². The van der Waals surface area contributed by atoms with E-state index in [0.717, 1.165) is 5.56 Å². The highest BCUT2D eigenvalue weighted by Gasteiger charge is 2.49. The van der Waals surface area contributed by atoms with Crippen LogP contribution in [-0.2, 0) is 20.9 Å². The predicted molar refractivity (Wildman–Crippen MR) is 99.5 cm³/mol. The summed E-state index contributed by atoms with van der Waals surface area (Å²) in [6.07, 6.45) is -1.73. The van der Waals surface area contributed by atoms with Crippen LogP contribution in [0.5, 0.6) is 0 Å². The highest BCUT2D eigenvalue weighted by molar-refractivity contribution is 5.87. The molecule has 0 radical (unpaired) electrons. The molecule has 2 atom stereocenters. The minimum Gasteiger partial charge on any atom is -0.458 e. The maximum absolute atomic E-state index is 12.8. The zero-order chi connectivity index (χ0) is 20.0. The van der Waals surface area contributed by atoms with E-state index in [1.807, 2.05) is 30.3 Å². The summed E-state index contributed by atoms with van der Waals surface area (Å²) in [6.45, 7) is 10.5. The van der Waals surface area contributed by atoms with Crippen molar-refractivity contribution in [2.45, 2.75) is 71.8 Å². The SMILES string of the molecule is CC[C@](NC(=O)OCc1ccccc1)(C(=O)OC(C)(C)C)[C@H](O)C(C)C. The Morgan fingerprint density at radius 1 is 1.15 bits per heavy atom. The van der Waals surface area contributed by atoms with Crippen LogP contribution in [-0.4, -0.2) is 34.4 Å². The number of rotatable bonds is 7. The van der Waals surface area contributed by atoms with Gasteiger partial charge in [-0.1, -0.05) is 51.1 Å². The van der Waals surface area contributed by atoms with Crippen molar-refractivity contribution in [3.8, 4) is 0 Å². The Morgan fingerprint density at radius 3 is 2.19 bits per heavy atom. The number of aliphatic hydroxyl groups is 1. The number of carbonyl (C=O) groups excluding carboxylic acids is 2. The molecular weight excluding hydrogens is 334 g/mol. The molecule has 146 valence electrons. The van der Waals surface area contributed by atoms with Crippen LogP contribution in [0.2, 0.25) is 0 Å². The zero-order valence-corrected chi connectivity index (χ0v) is 16.5. The van der Waals surface area contributed by atoms with Crippen LogP contribution in [0.25, 0.3) is 0 Å². The van der Waals surface area contributed by atoms with E-state index in [-0.39, 0.29) is 18.9 Å². The molecule has 2 N–H and O–H groups in total. The fraction of sp³-hybridized carbons (Fsp3) is 0.600. The molecule has 26 heavy (non-hydrogen) atoms. The van der Waals surface area contributed by atoms with Crippen molar-refractivity contribution < 1.29 is 24.2 Å². The zero-order valence-electron chi connectivity index (χ0n) is 16.5. The van der Waals surface area contributed by atoms with Crippen molar-refractivity contribution >= 4 is 12.1 Å². The van der Waals surface area contributed by atoms with E-state index in [0.29, 0.717) is 0 Å². The van der Waals surface area contributed by atoms with Gasteiger partial charge in [0.25, 0.3) is 0 Å². The first-order chi connectivity index (χ1) is 12.0. The molecule has 0 unspecified atom stereocenters. The second kappa shape index (κ2) is 9.03. The van der Waals surface area contributed by atoms with Gasteiger partial charge in [-0.3, -0.25) is 0 Å². The van der Waals surface area contributed by atoms with Crippen molar-refractivity contribution in [1.82, 2.24) is 5.32 Å². The van der Waals surface area contributed by atoms with Gasteiger partial charge < -0.3 is 19.9 Å². The largest absolute Gasteiger partial charge is 0.458 e. The third-order valence-electron chi connectivity index (χ3n) is 4.00. The van der Waals surface area contributed by atoms with E-state index in [1.54, 1.807) is 41.5 Å². The fourth-order valence-electron chi connectivity index (χ4n) is 2.57. The topological polar surface area (TPSA) is 84.9 Å². The highest BCUT2D eigenvalue weighted by Crippen LogP contribution is 2.26.